The molecule has 1 aromatic rings. The molecule has 0 aromatic carbocycles. The van der Waals surface area contributed by atoms with Gasteiger partial charge in [0.1, 0.15) is 5.60 Å². The van der Waals surface area contributed by atoms with E-state index in [9.17, 15) is 4.79 Å². The molecule has 4 nitrogen and oxygen atoms in total. The molecule has 0 bridgehead atoms. The summed E-state index contributed by atoms with van der Waals surface area (Å²) in [6.45, 7) is 8.20. The fourth-order valence-electron chi connectivity index (χ4n) is 3.09. The first-order valence-electron chi connectivity index (χ1n) is 7.19. The molecule has 1 amide bonds. The predicted octanol–water partition coefficient (Wildman–Crippen LogP) is 2.73. The first kappa shape index (κ1) is 13.9. The number of amides is 1. The highest BCUT2D eigenvalue weighted by molar-refractivity contribution is 7.10. The molecule has 2 aliphatic heterocycles. The second-order valence-corrected chi connectivity index (χ2v) is 7.60. The van der Waals surface area contributed by atoms with E-state index in [0.717, 1.165) is 32.5 Å². The van der Waals surface area contributed by atoms with E-state index >= 15 is 0 Å². The number of carbonyl (C=O) groups is 1. The Kier molecular flexibility index (Phi) is 3.29. The molecule has 2 aliphatic rings. The van der Waals surface area contributed by atoms with Gasteiger partial charge in [-0.05, 0) is 50.6 Å². The van der Waals surface area contributed by atoms with Crippen molar-refractivity contribution in [3.63, 3.8) is 0 Å². The lowest BCUT2D eigenvalue weighted by Gasteiger charge is -2.35. The van der Waals surface area contributed by atoms with Crippen LogP contribution in [0.4, 0.5) is 4.79 Å². The van der Waals surface area contributed by atoms with Crippen molar-refractivity contribution >= 4 is 17.4 Å². The van der Waals surface area contributed by atoms with Crippen LogP contribution in [-0.4, -0.2) is 36.2 Å². The smallest absolute Gasteiger partial charge is 0.410 e. The third kappa shape index (κ3) is 2.44. The molecule has 110 valence electrons. The number of rotatable bonds is 0. The summed E-state index contributed by atoms with van der Waals surface area (Å²) in [5.74, 6) is 0. The molecule has 1 N–H and O–H groups in total. The van der Waals surface area contributed by atoms with Gasteiger partial charge in [0.2, 0.25) is 0 Å². The van der Waals surface area contributed by atoms with E-state index in [-0.39, 0.29) is 11.6 Å². The van der Waals surface area contributed by atoms with Crippen molar-refractivity contribution in [3.8, 4) is 0 Å². The van der Waals surface area contributed by atoms with E-state index in [1.165, 1.54) is 10.4 Å². The molecule has 1 unspecified atom stereocenters. The van der Waals surface area contributed by atoms with E-state index in [1.54, 1.807) is 0 Å². The van der Waals surface area contributed by atoms with E-state index in [2.05, 4.69) is 16.8 Å². The minimum Gasteiger partial charge on any atom is -0.444 e. The van der Waals surface area contributed by atoms with Gasteiger partial charge in [0, 0.05) is 24.5 Å². The average molecular weight is 294 g/mol. The normalized spacial score (nSPS) is 25.9. The topological polar surface area (TPSA) is 41.6 Å². The predicted molar refractivity (Wildman–Crippen MR) is 80.1 cm³/mol. The van der Waals surface area contributed by atoms with E-state index < -0.39 is 5.60 Å². The number of hydrogen-bond acceptors (Lipinski definition) is 4. The summed E-state index contributed by atoms with van der Waals surface area (Å²) >= 11 is 1.81. The number of carbonyl (C=O) groups excluding carboxylic acids is 1. The Hall–Kier alpha value is -1.07. The number of hydrogen-bond donors (Lipinski definition) is 1. The molecule has 1 saturated heterocycles. The molecular formula is C15H22N2O2S. The minimum atomic E-state index is -0.430. The number of ether oxygens (including phenoxy) is 1. The fraction of sp³-hybridized carbons (Fsp3) is 0.667. The van der Waals surface area contributed by atoms with Crippen LogP contribution >= 0.6 is 11.3 Å². The van der Waals surface area contributed by atoms with E-state index in [1.807, 2.05) is 37.0 Å². The van der Waals surface area contributed by atoms with Gasteiger partial charge >= 0.3 is 6.09 Å². The second-order valence-electron chi connectivity index (χ2n) is 6.69. The Bertz CT molecular complexity index is 520. The molecule has 3 heterocycles. The average Bonchev–Trinajstić information content (AvgIpc) is 2.95. The van der Waals surface area contributed by atoms with Crippen LogP contribution in [0, 0.1) is 0 Å². The van der Waals surface area contributed by atoms with Crippen molar-refractivity contribution < 1.29 is 9.53 Å². The summed E-state index contributed by atoms with van der Waals surface area (Å²) in [7, 11) is 0. The third-order valence-electron chi connectivity index (χ3n) is 3.96. The van der Waals surface area contributed by atoms with Gasteiger partial charge in [-0.3, -0.25) is 0 Å². The van der Waals surface area contributed by atoms with Crippen molar-refractivity contribution in [3.05, 3.63) is 21.9 Å². The first-order valence-corrected chi connectivity index (χ1v) is 8.07. The highest BCUT2D eigenvalue weighted by atomic mass is 32.1. The molecule has 0 saturated carbocycles. The van der Waals surface area contributed by atoms with Crippen molar-refractivity contribution in [1.82, 2.24) is 10.2 Å². The quantitative estimate of drug-likeness (QED) is 0.800. The summed E-state index contributed by atoms with van der Waals surface area (Å²) < 4.78 is 5.49. The molecule has 1 aromatic heterocycles. The summed E-state index contributed by atoms with van der Waals surface area (Å²) in [6, 6.07) is 2.22. The van der Waals surface area contributed by atoms with Crippen LogP contribution < -0.4 is 5.32 Å². The van der Waals surface area contributed by atoms with Crippen LogP contribution in [0.3, 0.4) is 0 Å². The van der Waals surface area contributed by atoms with E-state index in [0.29, 0.717) is 0 Å². The molecule has 1 fully saturated rings. The number of likely N-dealkylation sites (tertiary alicyclic amines) is 1. The van der Waals surface area contributed by atoms with Crippen LogP contribution in [0.15, 0.2) is 11.4 Å². The lowest BCUT2D eigenvalue weighted by Crippen LogP contribution is -2.49. The molecule has 1 atom stereocenters. The lowest BCUT2D eigenvalue weighted by molar-refractivity contribution is 0.0279. The maximum absolute atomic E-state index is 12.2. The largest absolute Gasteiger partial charge is 0.444 e. The zero-order valence-corrected chi connectivity index (χ0v) is 13.2. The Labute approximate surface area is 124 Å². The molecule has 3 rings (SSSR count). The summed E-state index contributed by atoms with van der Waals surface area (Å²) in [5, 5.41) is 5.81. The van der Waals surface area contributed by atoms with Gasteiger partial charge in [-0.25, -0.2) is 4.79 Å². The van der Waals surface area contributed by atoms with Gasteiger partial charge in [-0.1, -0.05) is 0 Å². The highest BCUT2D eigenvalue weighted by Crippen LogP contribution is 2.40. The fourth-order valence-corrected chi connectivity index (χ4v) is 4.25. The van der Waals surface area contributed by atoms with Gasteiger partial charge < -0.3 is 15.0 Å². The lowest BCUT2D eigenvalue weighted by atomic mass is 9.89. The molecule has 0 aliphatic carbocycles. The maximum atomic E-state index is 12.2. The van der Waals surface area contributed by atoms with Crippen molar-refractivity contribution in [2.45, 2.75) is 44.8 Å². The molecule has 5 heteroatoms. The van der Waals surface area contributed by atoms with Gasteiger partial charge in [-0.15, -0.1) is 11.3 Å². The van der Waals surface area contributed by atoms with Crippen LogP contribution in [0.25, 0.3) is 0 Å². The molecule has 1 spiro atoms. The summed E-state index contributed by atoms with van der Waals surface area (Å²) in [4.78, 5) is 15.5. The van der Waals surface area contributed by atoms with Crippen LogP contribution in [-0.2, 0) is 16.7 Å². The van der Waals surface area contributed by atoms with Crippen molar-refractivity contribution in [2.24, 2.45) is 0 Å². The Balaban J connectivity index is 1.76. The Morgan fingerprint density at radius 2 is 2.30 bits per heavy atom. The zero-order valence-electron chi connectivity index (χ0n) is 12.4. The van der Waals surface area contributed by atoms with Crippen LogP contribution in [0.5, 0.6) is 0 Å². The summed E-state index contributed by atoms with van der Waals surface area (Å²) in [5.41, 5.74) is 0.972. The molecular weight excluding hydrogens is 272 g/mol. The van der Waals surface area contributed by atoms with Crippen molar-refractivity contribution in [2.75, 3.05) is 19.6 Å². The SMILES string of the molecule is CC(C)(C)OC(=O)N1CCC2(C1)NCCc1ccsc12. The number of fused-ring (bicyclic) bond motifs is 2. The van der Waals surface area contributed by atoms with Crippen LogP contribution in [0.1, 0.15) is 37.6 Å². The minimum absolute atomic E-state index is 0.0430. The van der Waals surface area contributed by atoms with Gasteiger partial charge in [0.05, 0.1) is 5.54 Å². The van der Waals surface area contributed by atoms with E-state index in [4.69, 9.17) is 4.74 Å². The zero-order chi connectivity index (χ0) is 14.4. The van der Waals surface area contributed by atoms with Gasteiger partial charge in [0.15, 0.2) is 0 Å². The maximum Gasteiger partial charge on any atom is 0.410 e. The summed E-state index contributed by atoms with van der Waals surface area (Å²) in [6.07, 6.45) is 1.87. The Morgan fingerprint density at radius 1 is 1.50 bits per heavy atom. The number of thiophene rings is 1. The number of nitrogens with zero attached hydrogens (tertiary/aromatic N) is 1. The van der Waals surface area contributed by atoms with Crippen LogP contribution in [0.2, 0.25) is 0 Å². The standard InChI is InChI=1S/C15H22N2O2S/c1-14(2,3)19-13(18)17-8-6-15(10-17)12-11(4-7-16-15)5-9-20-12/h5,9,16H,4,6-8,10H2,1-3H3. The molecule has 20 heavy (non-hydrogen) atoms. The first-order chi connectivity index (χ1) is 9.40. The monoisotopic (exact) mass is 294 g/mol. The highest BCUT2D eigenvalue weighted by Gasteiger charge is 2.45. The van der Waals surface area contributed by atoms with Gasteiger partial charge in [0.25, 0.3) is 0 Å². The van der Waals surface area contributed by atoms with Gasteiger partial charge in [-0.2, -0.15) is 0 Å². The second kappa shape index (κ2) is 4.74. The third-order valence-corrected chi connectivity index (χ3v) is 5.12. The molecule has 0 radical (unpaired) electrons. The van der Waals surface area contributed by atoms with Crippen molar-refractivity contribution in [1.29, 1.82) is 0 Å². The number of nitrogens with one attached hydrogen (secondary N) is 1. The Morgan fingerprint density at radius 3 is 3.05 bits per heavy atom.